The highest BCUT2D eigenvalue weighted by atomic mass is 32.1. The first-order chi connectivity index (χ1) is 13.2. The van der Waals surface area contributed by atoms with E-state index in [1.165, 1.54) is 22.9 Å². The van der Waals surface area contributed by atoms with Gasteiger partial charge < -0.3 is 10.1 Å². The van der Waals surface area contributed by atoms with Gasteiger partial charge in [0.2, 0.25) is 0 Å². The van der Waals surface area contributed by atoms with Gasteiger partial charge in [-0.05, 0) is 42.3 Å². The zero-order valence-corrected chi connectivity index (χ0v) is 15.7. The molecule has 2 aromatic heterocycles. The molecular formula is C21H19N3O2S. The molecule has 0 saturated heterocycles. The van der Waals surface area contributed by atoms with E-state index in [9.17, 15) is 4.79 Å². The highest BCUT2D eigenvalue weighted by molar-refractivity contribution is 7.22. The summed E-state index contributed by atoms with van der Waals surface area (Å²) < 4.78 is 6.68. The maximum Gasteiger partial charge on any atom is 0.255 e. The second-order valence-corrected chi connectivity index (χ2v) is 8.06. The number of fused-ring (bicyclic) bond motifs is 2. The van der Waals surface area contributed by atoms with Crippen molar-refractivity contribution in [2.45, 2.75) is 12.8 Å². The van der Waals surface area contributed by atoms with Crippen LogP contribution in [0, 0.1) is 5.92 Å². The van der Waals surface area contributed by atoms with Crippen LogP contribution in [-0.2, 0) is 0 Å². The molecule has 0 unspecified atom stereocenters. The molecule has 1 fully saturated rings. The van der Waals surface area contributed by atoms with Gasteiger partial charge in [-0.2, -0.15) is 5.10 Å². The maximum absolute atomic E-state index is 12.7. The molecule has 1 aliphatic carbocycles. The van der Waals surface area contributed by atoms with E-state index in [2.05, 4.69) is 33.7 Å². The fourth-order valence-electron chi connectivity index (χ4n) is 3.33. The van der Waals surface area contributed by atoms with E-state index in [-0.39, 0.29) is 5.91 Å². The van der Waals surface area contributed by atoms with Crippen LogP contribution in [0.1, 0.15) is 23.2 Å². The Bertz CT molecular complexity index is 1120. The minimum Gasteiger partial charge on any atom is -0.496 e. The van der Waals surface area contributed by atoms with E-state index in [4.69, 9.17) is 4.74 Å². The van der Waals surface area contributed by atoms with Crippen molar-refractivity contribution >= 4 is 38.2 Å². The lowest BCUT2D eigenvalue weighted by molar-refractivity contribution is 0.0949. The summed E-state index contributed by atoms with van der Waals surface area (Å²) in [5.41, 5.74) is 2.28. The van der Waals surface area contributed by atoms with Crippen LogP contribution in [0.15, 0.2) is 42.5 Å². The summed E-state index contributed by atoms with van der Waals surface area (Å²) in [7, 11) is 1.59. The Morgan fingerprint density at radius 1 is 1.30 bits per heavy atom. The topological polar surface area (TPSA) is 67.0 Å². The molecule has 5 rings (SSSR count). The number of H-pyrrole nitrogens is 1. The van der Waals surface area contributed by atoms with Crippen molar-refractivity contribution in [2.75, 3.05) is 13.7 Å². The number of ether oxygens (including phenoxy) is 1. The van der Waals surface area contributed by atoms with Crippen LogP contribution in [0.3, 0.4) is 0 Å². The molecule has 0 aliphatic heterocycles. The Morgan fingerprint density at radius 2 is 2.15 bits per heavy atom. The van der Waals surface area contributed by atoms with Gasteiger partial charge in [0.05, 0.1) is 23.1 Å². The molecule has 2 aromatic carbocycles. The average molecular weight is 377 g/mol. The van der Waals surface area contributed by atoms with Gasteiger partial charge in [0, 0.05) is 22.7 Å². The van der Waals surface area contributed by atoms with E-state index >= 15 is 0 Å². The van der Waals surface area contributed by atoms with Gasteiger partial charge in [0.1, 0.15) is 11.4 Å². The van der Waals surface area contributed by atoms with Crippen LogP contribution in [0.25, 0.3) is 31.6 Å². The summed E-state index contributed by atoms with van der Waals surface area (Å²) in [6, 6.07) is 14.2. The van der Waals surface area contributed by atoms with Gasteiger partial charge in [-0.15, -0.1) is 11.3 Å². The Labute approximate surface area is 160 Å². The SMILES string of the molecule is COc1cc2[nH]nc(-c3cc4ccccc4s3)c2cc1C(=O)NCC1CC1. The number of carbonyl (C=O) groups is 1. The molecular weight excluding hydrogens is 358 g/mol. The van der Waals surface area contributed by atoms with Crippen molar-refractivity contribution in [1.29, 1.82) is 0 Å². The van der Waals surface area contributed by atoms with Gasteiger partial charge in [-0.25, -0.2) is 0 Å². The molecule has 1 aliphatic rings. The van der Waals surface area contributed by atoms with Crippen molar-refractivity contribution in [1.82, 2.24) is 15.5 Å². The second-order valence-electron chi connectivity index (χ2n) is 6.97. The molecule has 2 N–H and O–H groups in total. The predicted octanol–water partition coefficient (Wildman–Crippen LogP) is 4.59. The minimum absolute atomic E-state index is 0.0934. The van der Waals surface area contributed by atoms with Crippen LogP contribution >= 0.6 is 11.3 Å². The first-order valence-corrected chi connectivity index (χ1v) is 9.88. The third-order valence-electron chi connectivity index (χ3n) is 5.03. The van der Waals surface area contributed by atoms with Gasteiger partial charge in [0.25, 0.3) is 5.91 Å². The minimum atomic E-state index is -0.0934. The molecule has 27 heavy (non-hydrogen) atoms. The number of methoxy groups -OCH3 is 1. The van der Waals surface area contributed by atoms with Crippen molar-refractivity contribution in [3.8, 4) is 16.3 Å². The summed E-state index contributed by atoms with van der Waals surface area (Å²) in [6.07, 6.45) is 2.41. The van der Waals surface area contributed by atoms with E-state index in [1.807, 2.05) is 24.3 Å². The zero-order valence-electron chi connectivity index (χ0n) is 14.9. The molecule has 1 saturated carbocycles. The number of amides is 1. The van der Waals surface area contributed by atoms with Gasteiger partial charge in [-0.3, -0.25) is 9.89 Å². The van der Waals surface area contributed by atoms with Gasteiger partial charge in [-0.1, -0.05) is 18.2 Å². The predicted molar refractivity (Wildman–Crippen MR) is 109 cm³/mol. The average Bonchev–Trinajstić information content (AvgIpc) is 3.28. The molecule has 0 bridgehead atoms. The number of carbonyl (C=O) groups excluding carboxylic acids is 1. The van der Waals surface area contributed by atoms with Gasteiger partial charge >= 0.3 is 0 Å². The molecule has 2 heterocycles. The Hall–Kier alpha value is -2.86. The summed E-state index contributed by atoms with van der Waals surface area (Å²) in [5.74, 6) is 1.10. The van der Waals surface area contributed by atoms with Crippen molar-refractivity contribution in [3.05, 3.63) is 48.0 Å². The lowest BCUT2D eigenvalue weighted by Gasteiger charge is -2.09. The number of hydrogen-bond acceptors (Lipinski definition) is 4. The largest absolute Gasteiger partial charge is 0.496 e. The quantitative estimate of drug-likeness (QED) is 0.534. The van der Waals surface area contributed by atoms with Gasteiger partial charge in [0.15, 0.2) is 0 Å². The number of thiophene rings is 1. The number of benzene rings is 2. The van der Waals surface area contributed by atoms with Crippen LogP contribution in [-0.4, -0.2) is 29.8 Å². The summed E-state index contributed by atoms with van der Waals surface area (Å²) in [5, 5.41) is 12.8. The summed E-state index contributed by atoms with van der Waals surface area (Å²) in [6.45, 7) is 0.731. The van der Waals surface area contributed by atoms with E-state index in [0.29, 0.717) is 17.2 Å². The van der Waals surface area contributed by atoms with Crippen molar-refractivity contribution in [3.63, 3.8) is 0 Å². The first-order valence-electron chi connectivity index (χ1n) is 9.06. The lowest BCUT2D eigenvalue weighted by Crippen LogP contribution is -2.25. The summed E-state index contributed by atoms with van der Waals surface area (Å²) in [4.78, 5) is 13.8. The smallest absolute Gasteiger partial charge is 0.255 e. The van der Waals surface area contributed by atoms with Crippen molar-refractivity contribution in [2.24, 2.45) is 5.92 Å². The molecule has 0 atom stereocenters. The van der Waals surface area contributed by atoms with E-state index < -0.39 is 0 Å². The van der Waals surface area contributed by atoms with Crippen LogP contribution in [0.5, 0.6) is 5.75 Å². The molecule has 4 aromatic rings. The third-order valence-corrected chi connectivity index (χ3v) is 6.16. The standard InChI is InChI=1S/C21H19N3O2S/c1-26-17-10-16-14(9-15(17)21(25)22-11-12-6-7-12)20(24-23-16)19-8-13-4-2-3-5-18(13)27-19/h2-5,8-10,12H,6-7,11H2,1H3,(H,22,25)(H,23,24). The highest BCUT2D eigenvalue weighted by Gasteiger charge is 2.23. The second kappa shape index (κ2) is 6.39. The number of aromatic nitrogens is 2. The molecule has 136 valence electrons. The van der Waals surface area contributed by atoms with Crippen LogP contribution < -0.4 is 10.1 Å². The molecule has 0 spiro atoms. The number of aromatic amines is 1. The molecule has 5 nitrogen and oxygen atoms in total. The van der Waals surface area contributed by atoms with E-state index in [1.54, 1.807) is 18.4 Å². The fourth-order valence-corrected chi connectivity index (χ4v) is 4.40. The monoisotopic (exact) mass is 377 g/mol. The number of hydrogen-bond donors (Lipinski definition) is 2. The Balaban J connectivity index is 1.59. The normalized spacial score (nSPS) is 14.0. The Morgan fingerprint density at radius 3 is 2.93 bits per heavy atom. The van der Waals surface area contributed by atoms with Crippen LogP contribution in [0.2, 0.25) is 0 Å². The molecule has 1 amide bonds. The fraction of sp³-hybridized carbons (Fsp3) is 0.238. The Kier molecular flexibility index (Phi) is 3.86. The summed E-state index contributed by atoms with van der Waals surface area (Å²) >= 11 is 1.70. The highest BCUT2D eigenvalue weighted by Crippen LogP contribution is 2.37. The van der Waals surface area contributed by atoms with Crippen molar-refractivity contribution < 1.29 is 9.53 Å². The third kappa shape index (κ3) is 2.96. The maximum atomic E-state index is 12.7. The first kappa shape index (κ1) is 16.3. The number of nitrogens with zero attached hydrogens (tertiary/aromatic N) is 1. The molecule has 6 heteroatoms. The molecule has 0 radical (unpaired) electrons. The van der Waals surface area contributed by atoms with Crippen LogP contribution in [0.4, 0.5) is 0 Å². The van der Waals surface area contributed by atoms with E-state index in [0.717, 1.165) is 28.0 Å². The number of nitrogens with one attached hydrogen (secondary N) is 2. The zero-order chi connectivity index (χ0) is 18.4. The lowest BCUT2D eigenvalue weighted by atomic mass is 10.1. The number of rotatable bonds is 5.